The Morgan fingerprint density at radius 1 is 0.296 bits per heavy atom. The molecule has 0 atom stereocenters. The van der Waals surface area contributed by atoms with Crippen LogP contribution in [-0.4, -0.2) is 0 Å². The number of hydrogen-bond acceptors (Lipinski definition) is 0. The van der Waals surface area contributed by atoms with Crippen molar-refractivity contribution >= 4 is 32.3 Å². The molecule has 0 heterocycles. The SMILES string of the molecule is CC1(C)c2ccccc2-c2cc3c(cc21)-c1ccc(-c2c4ccccc4c(-c4ccccc4-c4ccccc4)c4c2ccc2ccccc24)cc1C3(C)C. The van der Waals surface area contributed by atoms with Crippen molar-refractivity contribution in [2.24, 2.45) is 0 Å². The average molecular weight is 689 g/mol. The van der Waals surface area contributed by atoms with E-state index in [0.29, 0.717) is 0 Å². The van der Waals surface area contributed by atoms with Crippen molar-refractivity contribution in [2.45, 2.75) is 38.5 Å². The summed E-state index contributed by atoms with van der Waals surface area (Å²) in [6.07, 6.45) is 0. The molecule has 0 nitrogen and oxygen atoms in total. The summed E-state index contributed by atoms with van der Waals surface area (Å²) in [5.41, 5.74) is 18.6. The molecule has 11 rings (SSSR count). The molecule has 0 amide bonds. The van der Waals surface area contributed by atoms with E-state index in [-0.39, 0.29) is 10.8 Å². The molecule has 0 fully saturated rings. The molecule has 2 aliphatic rings. The largest absolute Gasteiger partial charge is 0.0622 e. The molecule has 0 saturated carbocycles. The van der Waals surface area contributed by atoms with Crippen molar-refractivity contribution in [3.63, 3.8) is 0 Å². The molecular formula is C54H40. The fraction of sp³-hybridized carbons (Fsp3) is 0.111. The maximum absolute atomic E-state index is 2.52. The molecule has 0 heteroatoms. The van der Waals surface area contributed by atoms with Gasteiger partial charge in [0.15, 0.2) is 0 Å². The molecule has 0 N–H and O–H groups in total. The lowest BCUT2D eigenvalue weighted by Crippen LogP contribution is -2.17. The van der Waals surface area contributed by atoms with Crippen molar-refractivity contribution < 1.29 is 0 Å². The highest BCUT2D eigenvalue weighted by Crippen LogP contribution is 2.57. The van der Waals surface area contributed by atoms with E-state index in [1.807, 2.05) is 0 Å². The van der Waals surface area contributed by atoms with Gasteiger partial charge in [-0.3, -0.25) is 0 Å². The van der Waals surface area contributed by atoms with Gasteiger partial charge in [0.1, 0.15) is 0 Å². The average Bonchev–Trinajstić information content (AvgIpc) is 3.58. The number of benzene rings is 9. The Morgan fingerprint density at radius 2 is 0.833 bits per heavy atom. The van der Waals surface area contributed by atoms with Crippen LogP contribution in [-0.2, 0) is 10.8 Å². The second kappa shape index (κ2) is 11.1. The third kappa shape index (κ3) is 4.20. The molecular weight excluding hydrogens is 649 g/mol. The van der Waals surface area contributed by atoms with Gasteiger partial charge in [0.2, 0.25) is 0 Å². The van der Waals surface area contributed by atoms with Gasteiger partial charge >= 0.3 is 0 Å². The Bertz CT molecular complexity index is 3030. The first kappa shape index (κ1) is 31.3. The fourth-order valence-electron chi connectivity index (χ4n) is 10.2. The van der Waals surface area contributed by atoms with Crippen molar-refractivity contribution in [2.75, 3.05) is 0 Å². The third-order valence-electron chi connectivity index (χ3n) is 12.9. The topological polar surface area (TPSA) is 0 Å². The van der Waals surface area contributed by atoms with Gasteiger partial charge in [-0.25, -0.2) is 0 Å². The first-order valence-electron chi connectivity index (χ1n) is 19.3. The Hall–Kier alpha value is -6.24. The molecule has 0 spiro atoms. The molecule has 2 aliphatic carbocycles. The van der Waals surface area contributed by atoms with Crippen molar-refractivity contribution in [3.05, 3.63) is 192 Å². The summed E-state index contributed by atoms with van der Waals surface area (Å²) in [7, 11) is 0. The summed E-state index contributed by atoms with van der Waals surface area (Å²) < 4.78 is 0. The van der Waals surface area contributed by atoms with E-state index in [9.17, 15) is 0 Å². The molecule has 0 aromatic heterocycles. The lowest BCUT2D eigenvalue weighted by molar-refractivity contribution is 0.652. The first-order chi connectivity index (χ1) is 26.3. The van der Waals surface area contributed by atoms with E-state index >= 15 is 0 Å². The zero-order valence-corrected chi connectivity index (χ0v) is 31.2. The van der Waals surface area contributed by atoms with Gasteiger partial charge in [-0.2, -0.15) is 0 Å². The van der Waals surface area contributed by atoms with E-state index in [2.05, 4.69) is 198 Å². The third-order valence-corrected chi connectivity index (χ3v) is 12.9. The smallest absolute Gasteiger partial charge is 0.0159 e. The Labute approximate surface area is 317 Å². The number of fused-ring (bicyclic) bond motifs is 10. The highest BCUT2D eigenvalue weighted by Gasteiger charge is 2.41. The molecule has 54 heavy (non-hydrogen) atoms. The van der Waals surface area contributed by atoms with Crippen molar-refractivity contribution in [1.82, 2.24) is 0 Å². The van der Waals surface area contributed by atoms with Gasteiger partial charge in [0.05, 0.1) is 0 Å². The zero-order valence-electron chi connectivity index (χ0n) is 31.2. The first-order valence-corrected chi connectivity index (χ1v) is 19.3. The van der Waals surface area contributed by atoms with Gasteiger partial charge in [0.25, 0.3) is 0 Å². The summed E-state index contributed by atoms with van der Waals surface area (Å²) in [5, 5.41) is 7.70. The molecule has 256 valence electrons. The van der Waals surface area contributed by atoms with Gasteiger partial charge in [-0.1, -0.05) is 179 Å². The minimum absolute atomic E-state index is 0.0325. The lowest BCUT2D eigenvalue weighted by atomic mass is 9.78. The predicted octanol–water partition coefficient (Wildman–Crippen LogP) is 14.8. The van der Waals surface area contributed by atoms with Gasteiger partial charge in [-0.05, 0) is 128 Å². The van der Waals surface area contributed by atoms with Crippen LogP contribution in [0, 0.1) is 0 Å². The van der Waals surface area contributed by atoms with Crippen LogP contribution in [0.2, 0.25) is 0 Å². The number of hydrogen-bond donors (Lipinski definition) is 0. The van der Waals surface area contributed by atoms with Gasteiger partial charge in [-0.15, -0.1) is 0 Å². The summed E-state index contributed by atoms with van der Waals surface area (Å²) in [6, 6.07) is 63.9. The van der Waals surface area contributed by atoms with E-state index in [1.54, 1.807) is 0 Å². The highest BCUT2D eigenvalue weighted by molar-refractivity contribution is 6.28. The maximum atomic E-state index is 2.52. The molecule has 0 aliphatic heterocycles. The summed E-state index contributed by atoms with van der Waals surface area (Å²) in [4.78, 5) is 0. The van der Waals surface area contributed by atoms with Crippen LogP contribution in [0.5, 0.6) is 0 Å². The Kier molecular flexibility index (Phi) is 6.46. The van der Waals surface area contributed by atoms with Crippen LogP contribution in [0.15, 0.2) is 170 Å². The standard InChI is InChI=1S/C54H40/c1-53(2)46-25-15-14-21-38(46)44-31-49-45(32-48(44)53)39-28-27-35(30-47(39)54(49,3)4)50-41-23-12-13-24-42(41)52(51-37-20-9-8-18-34(37)26-29-43(50)51)40-22-11-10-19-36(40)33-16-6-5-7-17-33/h5-32H,1-4H3. The summed E-state index contributed by atoms with van der Waals surface area (Å²) >= 11 is 0. The minimum atomic E-state index is -0.149. The second-order valence-corrected chi connectivity index (χ2v) is 16.4. The Balaban J connectivity index is 1.19. The maximum Gasteiger partial charge on any atom is 0.0159 e. The van der Waals surface area contributed by atoms with E-state index < -0.39 is 0 Å². The highest BCUT2D eigenvalue weighted by atomic mass is 14.4. The van der Waals surface area contributed by atoms with E-state index in [4.69, 9.17) is 0 Å². The lowest BCUT2D eigenvalue weighted by Gasteiger charge is -2.25. The van der Waals surface area contributed by atoms with Crippen LogP contribution < -0.4 is 0 Å². The second-order valence-electron chi connectivity index (χ2n) is 16.4. The van der Waals surface area contributed by atoms with Crippen LogP contribution in [0.25, 0.3) is 88.0 Å². The van der Waals surface area contributed by atoms with Crippen LogP contribution in [0.3, 0.4) is 0 Å². The van der Waals surface area contributed by atoms with Crippen LogP contribution in [0.1, 0.15) is 49.9 Å². The van der Waals surface area contributed by atoms with E-state index in [1.165, 1.54) is 110 Å². The molecule has 0 bridgehead atoms. The molecule has 0 saturated heterocycles. The molecule has 0 radical (unpaired) electrons. The Morgan fingerprint density at radius 3 is 1.57 bits per heavy atom. The summed E-state index contributed by atoms with van der Waals surface area (Å²) in [6.45, 7) is 9.62. The van der Waals surface area contributed by atoms with Gasteiger partial charge < -0.3 is 0 Å². The summed E-state index contributed by atoms with van der Waals surface area (Å²) in [5.74, 6) is 0. The predicted molar refractivity (Wildman–Crippen MR) is 230 cm³/mol. The van der Waals surface area contributed by atoms with Crippen LogP contribution in [0.4, 0.5) is 0 Å². The monoisotopic (exact) mass is 688 g/mol. The molecule has 0 unspecified atom stereocenters. The molecule has 9 aromatic carbocycles. The zero-order chi connectivity index (χ0) is 36.3. The molecule has 9 aromatic rings. The van der Waals surface area contributed by atoms with E-state index in [0.717, 1.165) is 0 Å². The van der Waals surface area contributed by atoms with Crippen LogP contribution >= 0.6 is 0 Å². The van der Waals surface area contributed by atoms with Crippen molar-refractivity contribution in [3.8, 4) is 55.6 Å². The van der Waals surface area contributed by atoms with Crippen molar-refractivity contribution in [1.29, 1.82) is 0 Å². The fourth-order valence-corrected chi connectivity index (χ4v) is 10.2. The van der Waals surface area contributed by atoms with Gasteiger partial charge in [0, 0.05) is 10.8 Å². The normalized spacial score (nSPS) is 14.6. The minimum Gasteiger partial charge on any atom is -0.0622 e. The number of rotatable bonds is 3. The quantitative estimate of drug-likeness (QED) is 0.128.